The van der Waals surface area contributed by atoms with E-state index in [1.807, 2.05) is 16.7 Å². The van der Waals surface area contributed by atoms with Crippen LogP contribution in [0.5, 0.6) is 0 Å². The molecule has 1 unspecified atom stereocenters. The van der Waals surface area contributed by atoms with Crippen LogP contribution in [0.25, 0.3) is 10.9 Å². The minimum atomic E-state index is -0.474. The van der Waals surface area contributed by atoms with E-state index in [-0.39, 0.29) is 17.0 Å². The number of carbonyl (C=O) groups is 1. The summed E-state index contributed by atoms with van der Waals surface area (Å²) in [6.07, 6.45) is 2.50. The van der Waals surface area contributed by atoms with E-state index in [9.17, 15) is 9.59 Å². The molecule has 1 amide bonds. The van der Waals surface area contributed by atoms with Gasteiger partial charge in [-0.2, -0.15) is 0 Å². The fourth-order valence-corrected chi connectivity index (χ4v) is 3.93. The largest absolute Gasteiger partial charge is 0.343 e. The van der Waals surface area contributed by atoms with Gasteiger partial charge in [0.2, 0.25) is 5.43 Å². The average molecular weight is 373 g/mol. The molecule has 4 rings (SSSR count). The predicted molar refractivity (Wildman–Crippen MR) is 101 cm³/mol. The van der Waals surface area contributed by atoms with E-state index in [1.54, 1.807) is 30.5 Å². The molecule has 1 N–H and O–H groups in total. The van der Waals surface area contributed by atoms with Gasteiger partial charge in [-0.25, -0.2) is 0 Å². The van der Waals surface area contributed by atoms with Gasteiger partial charge in [-0.3, -0.25) is 9.59 Å². The summed E-state index contributed by atoms with van der Waals surface area (Å²) < 4.78 is 2.01. The molecule has 0 saturated heterocycles. The third kappa shape index (κ3) is 2.71. The van der Waals surface area contributed by atoms with Crippen molar-refractivity contribution >= 4 is 45.7 Å². The highest BCUT2D eigenvalue weighted by Gasteiger charge is 2.24. The SMILES string of the molecule is CC1Cc2cccc3c(=O)c(C(=O)Nc4cc(Cl)cc(Cl)c4)cn1c23. The number of amides is 1. The molecular weight excluding hydrogens is 359 g/mol. The third-order valence-corrected chi connectivity index (χ3v) is 4.93. The number of para-hydroxylation sites is 1. The molecule has 126 valence electrons. The minimum absolute atomic E-state index is 0.106. The van der Waals surface area contributed by atoms with Gasteiger partial charge < -0.3 is 9.88 Å². The first-order valence-electron chi connectivity index (χ1n) is 7.88. The Morgan fingerprint density at radius 2 is 1.92 bits per heavy atom. The van der Waals surface area contributed by atoms with Crippen LogP contribution >= 0.6 is 23.2 Å². The van der Waals surface area contributed by atoms with Crippen molar-refractivity contribution < 1.29 is 4.79 Å². The monoisotopic (exact) mass is 372 g/mol. The van der Waals surface area contributed by atoms with Crippen LogP contribution in [0.1, 0.15) is 28.9 Å². The first-order chi connectivity index (χ1) is 11.9. The molecule has 2 aromatic carbocycles. The third-order valence-electron chi connectivity index (χ3n) is 4.49. The molecule has 2 heterocycles. The van der Waals surface area contributed by atoms with Crippen molar-refractivity contribution in [3.05, 3.63) is 74.0 Å². The second-order valence-electron chi connectivity index (χ2n) is 6.26. The summed E-state index contributed by atoms with van der Waals surface area (Å²) >= 11 is 11.9. The summed E-state index contributed by atoms with van der Waals surface area (Å²) in [5.74, 6) is -0.474. The lowest BCUT2D eigenvalue weighted by Crippen LogP contribution is -2.23. The highest BCUT2D eigenvalue weighted by atomic mass is 35.5. The molecule has 0 fully saturated rings. The summed E-state index contributed by atoms with van der Waals surface area (Å²) in [4.78, 5) is 25.5. The molecule has 0 saturated carbocycles. The molecule has 0 bridgehead atoms. The maximum Gasteiger partial charge on any atom is 0.261 e. The van der Waals surface area contributed by atoms with Gasteiger partial charge in [0.15, 0.2) is 0 Å². The Labute approximate surface area is 154 Å². The van der Waals surface area contributed by atoms with Crippen LogP contribution in [0.2, 0.25) is 10.0 Å². The van der Waals surface area contributed by atoms with Gasteiger partial charge in [-0.1, -0.05) is 35.3 Å². The highest BCUT2D eigenvalue weighted by Crippen LogP contribution is 2.31. The number of halogens is 2. The number of anilines is 1. The number of nitrogens with one attached hydrogen (secondary N) is 1. The second-order valence-corrected chi connectivity index (χ2v) is 7.13. The number of benzene rings is 2. The van der Waals surface area contributed by atoms with E-state index < -0.39 is 5.91 Å². The molecule has 1 aliphatic rings. The summed E-state index contributed by atoms with van der Waals surface area (Å²) in [5.41, 5.74) is 2.34. The van der Waals surface area contributed by atoms with Crippen LogP contribution in [0.3, 0.4) is 0 Å². The molecule has 6 heteroatoms. The summed E-state index contributed by atoms with van der Waals surface area (Å²) in [6, 6.07) is 10.6. The first-order valence-corrected chi connectivity index (χ1v) is 8.64. The molecule has 1 atom stereocenters. The van der Waals surface area contributed by atoms with Crippen molar-refractivity contribution in [2.75, 3.05) is 5.32 Å². The number of pyridine rings is 1. The minimum Gasteiger partial charge on any atom is -0.343 e. The van der Waals surface area contributed by atoms with Gasteiger partial charge in [-0.15, -0.1) is 0 Å². The van der Waals surface area contributed by atoms with Gasteiger partial charge in [0, 0.05) is 33.4 Å². The van der Waals surface area contributed by atoms with Crippen molar-refractivity contribution in [2.24, 2.45) is 0 Å². The lowest BCUT2D eigenvalue weighted by Gasteiger charge is -2.13. The van der Waals surface area contributed by atoms with E-state index >= 15 is 0 Å². The van der Waals surface area contributed by atoms with E-state index in [2.05, 4.69) is 12.2 Å². The molecule has 25 heavy (non-hydrogen) atoms. The summed E-state index contributed by atoms with van der Waals surface area (Å²) in [6.45, 7) is 2.07. The number of rotatable bonds is 2. The maximum absolute atomic E-state index is 12.8. The Morgan fingerprint density at radius 1 is 1.20 bits per heavy atom. The fraction of sp³-hybridized carbons (Fsp3) is 0.158. The molecule has 1 aliphatic heterocycles. The first kappa shape index (κ1) is 16.2. The zero-order chi connectivity index (χ0) is 17.7. The highest BCUT2D eigenvalue weighted by molar-refractivity contribution is 6.35. The normalized spacial score (nSPS) is 15.6. The number of nitrogens with zero attached hydrogens (tertiary/aromatic N) is 1. The zero-order valence-corrected chi connectivity index (χ0v) is 14.9. The molecule has 3 aromatic rings. The van der Waals surface area contributed by atoms with Crippen molar-refractivity contribution in [3.63, 3.8) is 0 Å². The summed E-state index contributed by atoms with van der Waals surface area (Å²) in [7, 11) is 0. The van der Waals surface area contributed by atoms with Crippen LogP contribution < -0.4 is 10.7 Å². The van der Waals surface area contributed by atoms with Crippen molar-refractivity contribution in [2.45, 2.75) is 19.4 Å². The topological polar surface area (TPSA) is 51.1 Å². The zero-order valence-electron chi connectivity index (χ0n) is 13.3. The van der Waals surface area contributed by atoms with E-state index in [1.165, 1.54) is 0 Å². The number of hydrogen-bond donors (Lipinski definition) is 1. The van der Waals surface area contributed by atoms with Crippen molar-refractivity contribution in [1.82, 2.24) is 4.57 Å². The maximum atomic E-state index is 12.8. The van der Waals surface area contributed by atoms with E-state index in [0.717, 1.165) is 17.5 Å². The Hall–Kier alpha value is -2.30. The Kier molecular flexibility index (Phi) is 3.82. The quantitative estimate of drug-likeness (QED) is 0.709. The molecular formula is C19H14Cl2N2O2. The standard InChI is InChI=1S/C19H14Cl2N2O2/c1-10-5-11-3-2-4-15-17(11)23(10)9-16(18(15)24)19(25)22-14-7-12(20)6-13(21)8-14/h2-4,6-10H,5H2,1H3,(H,22,25). The average Bonchev–Trinajstić information content (AvgIpc) is 2.86. The second kappa shape index (κ2) is 5.90. The number of carbonyl (C=O) groups excluding carboxylic acids is 1. The Balaban J connectivity index is 1.81. The summed E-state index contributed by atoms with van der Waals surface area (Å²) in [5, 5.41) is 4.10. The molecule has 1 aromatic heterocycles. The fourth-order valence-electron chi connectivity index (χ4n) is 3.40. The van der Waals surface area contributed by atoms with Gasteiger partial charge in [0.25, 0.3) is 5.91 Å². The van der Waals surface area contributed by atoms with Gasteiger partial charge in [-0.05, 0) is 43.2 Å². The molecule has 0 radical (unpaired) electrons. The van der Waals surface area contributed by atoms with E-state index in [0.29, 0.717) is 21.1 Å². The van der Waals surface area contributed by atoms with E-state index in [4.69, 9.17) is 23.2 Å². The van der Waals surface area contributed by atoms with Crippen LogP contribution in [-0.2, 0) is 6.42 Å². The predicted octanol–water partition coefficient (Wildman–Crippen LogP) is 4.68. The van der Waals surface area contributed by atoms with Crippen LogP contribution in [0.15, 0.2) is 47.4 Å². The number of hydrogen-bond acceptors (Lipinski definition) is 2. The van der Waals surface area contributed by atoms with Crippen LogP contribution in [0.4, 0.5) is 5.69 Å². The van der Waals surface area contributed by atoms with Crippen molar-refractivity contribution in [1.29, 1.82) is 0 Å². The Bertz CT molecular complexity index is 1070. The molecule has 0 spiro atoms. The van der Waals surface area contributed by atoms with Crippen LogP contribution in [0, 0.1) is 0 Å². The van der Waals surface area contributed by atoms with Gasteiger partial charge >= 0.3 is 0 Å². The number of aromatic nitrogens is 1. The smallest absolute Gasteiger partial charge is 0.261 e. The van der Waals surface area contributed by atoms with Crippen molar-refractivity contribution in [3.8, 4) is 0 Å². The molecule has 4 nitrogen and oxygen atoms in total. The lowest BCUT2D eigenvalue weighted by molar-refractivity contribution is 0.102. The molecule has 0 aliphatic carbocycles. The van der Waals surface area contributed by atoms with Crippen LogP contribution in [-0.4, -0.2) is 10.5 Å². The lowest BCUT2D eigenvalue weighted by atomic mass is 10.1. The van der Waals surface area contributed by atoms with Gasteiger partial charge in [0.05, 0.1) is 5.52 Å². The van der Waals surface area contributed by atoms with Gasteiger partial charge in [0.1, 0.15) is 5.56 Å². The Morgan fingerprint density at radius 3 is 2.64 bits per heavy atom.